The van der Waals surface area contributed by atoms with E-state index in [1.807, 2.05) is 39.8 Å². The lowest BCUT2D eigenvalue weighted by Gasteiger charge is -2.28. The summed E-state index contributed by atoms with van der Waals surface area (Å²) in [7, 11) is 0. The molecule has 1 N–H and O–H groups in total. The highest BCUT2D eigenvalue weighted by Crippen LogP contribution is 2.15. The SMILES string of the molecule is C/C=C/CN1C(=O)C(C(C)C)NC(=O)CC1C. The Bertz CT molecular complexity index is 323. The van der Waals surface area contributed by atoms with Crippen LogP contribution < -0.4 is 5.32 Å². The van der Waals surface area contributed by atoms with E-state index >= 15 is 0 Å². The van der Waals surface area contributed by atoms with E-state index in [1.54, 1.807) is 4.90 Å². The molecule has 0 saturated carbocycles. The number of amides is 2. The zero-order chi connectivity index (χ0) is 13.0. The molecule has 0 bridgehead atoms. The summed E-state index contributed by atoms with van der Waals surface area (Å²) < 4.78 is 0. The monoisotopic (exact) mass is 238 g/mol. The van der Waals surface area contributed by atoms with Crippen LogP contribution in [0.5, 0.6) is 0 Å². The van der Waals surface area contributed by atoms with E-state index in [2.05, 4.69) is 5.32 Å². The van der Waals surface area contributed by atoms with Crippen LogP contribution in [0, 0.1) is 5.92 Å². The third kappa shape index (κ3) is 3.32. The molecule has 2 amide bonds. The summed E-state index contributed by atoms with van der Waals surface area (Å²) in [5, 5.41) is 2.81. The van der Waals surface area contributed by atoms with Gasteiger partial charge in [-0.3, -0.25) is 9.59 Å². The van der Waals surface area contributed by atoms with Crippen molar-refractivity contribution in [3.8, 4) is 0 Å². The fraction of sp³-hybridized carbons (Fsp3) is 0.692. The second-order valence-corrected chi connectivity index (χ2v) is 4.90. The van der Waals surface area contributed by atoms with Gasteiger partial charge in [0.1, 0.15) is 6.04 Å². The smallest absolute Gasteiger partial charge is 0.245 e. The Morgan fingerprint density at radius 3 is 2.65 bits per heavy atom. The van der Waals surface area contributed by atoms with E-state index in [4.69, 9.17) is 0 Å². The highest BCUT2D eigenvalue weighted by Gasteiger charge is 2.34. The van der Waals surface area contributed by atoms with Crippen LogP contribution in [0.2, 0.25) is 0 Å². The molecule has 2 unspecified atom stereocenters. The van der Waals surface area contributed by atoms with Gasteiger partial charge in [-0.2, -0.15) is 0 Å². The van der Waals surface area contributed by atoms with Crippen molar-refractivity contribution in [1.82, 2.24) is 10.2 Å². The van der Waals surface area contributed by atoms with Crippen molar-refractivity contribution in [2.24, 2.45) is 5.92 Å². The predicted molar refractivity (Wildman–Crippen MR) is 67.4 cm³/mol. The fourth-order valence-corrected chi connectivity index (χ4v) is 2.01. The molecule has 0 aromatic heterocycles. The highest BCUT2D eigenvalue weighted by molar-refractivity contribution is 5.90. The number of carbonyl (C=O) groups is 2. The highest BCUT2D eigenvalue weighted by atomic mass is 16.2. The van der Waals surface area contributed by atoms with E-state index in [-0.39, 0.29) is 23.8 Å². The molecule has 1 saturated heterocycles. The summed E-state index contributed by atoms with van der Waals surface area (Å²) in [5.74, 6) is 0.105. The molecule has 1 heterocycles. The average molecular weight is 238 g/mol. The van der Waals surface area contributed by atoms with Crippen molar-refractivity contribution in [1.29, 1.82) is 0 Å². The van der Waals surface area contributed by atoms with Crippen molar-refractivity contribution in [3.05, 3.63) is 12.2 Å². The van der Waals surface area contributed by atoms with Gasteiger partial charge < -0.3 is 10.2 Å². The van der Waals surface area contributed by atoms with Crippen LogP contribution in [-0.2, 0) is 9.59 Å². The first-order chi connectivity index (χ1) is 7.97. The summed E-state index contributed by atoms with van der Waals surface area (Å²) in [6.07, 6.45) is 4.25. The van der Waals surface area contributed by atoms with Gasteiger partial charge in [-0.15, -0.1) is 0 Å². The fourth-order valence-electron chi connectivity index (χ4n) is 2.01. The van der Waals surface area contributed by atoms with Gasteiger partial charge in [-0.05, 0) is 19.8 Å². The van der Waals surface area contributed by atoms with Crippen LogP contribution in [0.25, 0.3) is 0 Å². The number of hydrogen-bond donors (Lipinski definition) is 1. The van der Waals surface area contributed by atoms with Crippen LogP contribution in [0.1, 0.15) is 34.1 Å². The zero-order valence-corrected chi connectivity index (χ0v) is 11.1. The minimum Gasteiger partial charge on any atom is -0.344 e. The van der Waals surface area contributed by atoms with E-state index in [1.165, 1.54) is 0 Å². The molecule has 0 aromatic rings. The van der Waals surface area contributed by atoms with Crippen molar-refractivity contribution >= 4 is 11.8 Å². The van der Waals surface area contributed by atoms with Crippen LogP contribution >= 0.6 is 0 Å². The maximum absolute atomic E-state index is 12.3. The number of allylic oxidation sites excluding steroid dienone is 1. The summed E-state index contributed by atoms with van der Waals surface area (Å²) >= 11 is 0. The van der Waals surface area contributed by atoms with Crippen molar-refractivity contribution in [2.75, 3.05) is 6.54 Å². The number of nitrogens with zero attached hydrogens (tertiary/aromatic N) is 1. The quantitative estimate of drug-likeness (QED) is 0.754. The average Bonchev–Trinajstić information content (AvgIpc) is 2.34. The van der Waals surface area contributed by atoms with Gasteiger partial charge in [-0.25, -0.2) is 0 Å². The molecule has 4 heteroatoms. The van der Waals surface area contributed by atoms with E-state index in [0.717, 1.165) is 0 Å². The molecule has 1 aliphatic rings. The number of carbonyl (C=O) groups excluding carboxylic acids is 2. The Kier molecular flexibility index (Phi) is 4.73. The molecule has 0 spiro atoms. The Morgan fingerprint density at radius 1 is 1.47 bits per heavy atom. The van der Waals surface area contributed by atoms with Gasteiger partial charge >= 0.3 is 0 Å². The van der Waals surface area contributed by atoms with Gasteiger partial charge in [0.25, 0.3) is 0 Å². The van der Waals surface area contributed by atoms with Crippen LogP contribution in [0.3, 0.4) is 0 Å². The van der Waals surface area contributed by atoms with Gasteiger partial charge in [0.15, 0.2) is 0 Å². The van der Waals surface area contributed by atoms with Crippen molar-refractivity contribution in [3.63, 3.8) is 0 Å². The van der Waals surface area contributed by atoms with E-state index in [0.29, 0.717) is 13.0 Å². The van der Waals surface area contributed by atoms with Crippen molar-refractivity contribution < 1.29 is 9.59 Å². The maximum atomic E-state index is 12.3. The molecule has 0 aliphatic carbocycles. The van der Waals surface area contributed by atoms with Crippen LogP contribution in [0.15, 0.2) is 12.2 Å². The standard InChI is InChI=1S/C13H22N2O2/c1-5-6-7-15-10(4)8-11(16)14-12(9(2)3)13(15)17/h5-6,9-10,12H,7-8H2,1-4H3,(H,14,16)/b6-5+. The van der Waals surface area contributed by atoms with Crippen LogP contribution in [0.4, 0.5) is 0 Å². The van der Waals surface area contributed by atoms with Gasteiger partial charge in [0, 0.05) is 19.0 Å². The summed E-state index contributed by atoms with van der Waals surface area (Å²) in [6, 6.07) is -0.430. The number of rotatable bonds is 3. The third-order valence-corrected chi connectivity index (χ3v) is 3.08. The molecular weight excluding hydrogens is 216 g/mol. The first kappa shape index (κ1) is 13.7. The summed E-state index contributed by atoms with van der Waals surface area (Å²) in [4.78, 5) is 25.8. The topological polar surface area (TPSA) is 49.4 Å². The molecule has 1 rings (SSSR count). The molecule has 4 nitrogen and oxygen atoms in total. The predicted octanol–water partition coefficient (Wildman–Crippen LogP) is 1.32. The van der Waals surface area contributed by atoms with Gasteiger partial charge in [-0.1, -0.05) is 26.0 Å². The molecule has 1 aliphatic heterocycles. The lowest BCUT2D eigenvalue weighted by Crippen LogP contribution is -2.49. The Labute approximate surface area is 103 Å². The van der Waals surface area contributed by atoms with Crippen LogP contribution in [-0.4, -0.2) is 35.3 Å². The lowest BCUT2D eigenvalue weighted by atomic mass is 10.0. The van der Waals surface area contributed by atoms with E-state index < -0.39 is 6.04 Å². The molecule has 96 valence electrons. The zero-order valence-electron chi connectivity index (χ0n) is 11.1. The summed E-state index contributed by atoms with van der Waals surface area (Å²) in [6.45, 7) is 8.33. The van der Waals surface area contributed by atoms with Gasteiger partial charge in [0.05, 0.1) is 0 Å². The molecule has 2 atom stereocenters. The second kappa shape index (κ2) is 5.84. The minimum absolute atomic E-state index is 0.0245. The maximum Gasteiger partial charge on any atom is 0.245 e. The number of nitrogens with one attached hydrogen (secondary N) is 1. The van der Waals surface area contributed by atoms with Crippen molar-refractivity contribution in [2.45, 2.75) is 46.2 Å². The first-order valence-corrected chi connectivity index (χ1v) is 6.18. The van der Waals surface area contributed by atoms with Gasteiger partial charge in [0.2, 0.25) is 11.8 Å². The normalized spacial score (nSPS) is 26.5. The largest absolute Gasteiger partial charge is 0.344 e. The molecule has 0 radical (unpaired) electrons. The first-order valence-electron chi connectivity index (χ1n) is 6.18. The number of hydrogen-bond acceptors (Lipinski definition) is 2. The lowest BCUT2D eigenvalue weighted by molar-refractivity contribution is -0.135. The molecule has 1 fully saturated rings. The Hall–Kier alpha value is -1.32. The third-order valence-electron chi connectivity index (χ3n) is 3.08. The second-order valence-electron chi connectivity index (χ2n) is 4.90. The minimum atomic E-state index is -0.391. The summed E-state index contributed by atoms with van der Waals surface area (Å²) in [5.41, 5.74) is 0. The Balaban J connectivity index is 2.92. The van der Waals surface area contributed by atoms with E-state index in [9.17, 15) is 9.59 Å². The Morgan fingerprint density at radius 2 is 2.12 bits per heavy atom. The molecule has 0 aromatic carbocycles. The molecular formula is C13H22N2O2. The molecule has 17 heavy (non-hydrogen) atoms.